The molecule has 164 valence electrons. The normalized spacial score (nSPS) is 12.8. The van der Waals surface area contributed by atoms with E-state index in [2.05, 4.69) is 10.6 Å². The Morgan fingerprint density at radius 3 is 1.94 bits per heavy atom. The number of carboxylic acids is 1. The molecular formula is C25H24N2O5. The summed E-state index contributed by atoms with van der Waals surface area (Å²) in [6.07, 6.45) is 4.59. The van der Waals surface area contributed by atoms with Gasteiger partial charge in [-0.2, -0.15) is 0 Å². The van der Waals surface area contributed by atoms with Gasteiger partial charge in [0, 0.05) is 18.9 Å². The molecule has 0 bridgehead atoms. The molecule has 2 amide bonds. The molecule has 7 nitrogen and oxygen atoms in total. The summed E-state index contributed by atoms with van der Waals surface area (Å²) in [5.41, 5.74) is 1.61. The Labute approximate surface area is 185 Å². The molecule has 0 radical (unpaired) electrons. The van der Waals surface area contributed by atoms with Gasteiger partial charge in [-0.25, -0.2) is 4.79 Å². The molecule has 0 saturated heterocycles. The van der Waals surface area contributed by atoms with E-state index in [0.717, 1.165) is 11.1 Å². The predicted octanol–water partition coefficient (Wildman–Crippen LogP) is 2.83. The fraction of sp³-hybridized carbons (Fsp3) is 0.160. The van der Waals surface area contributed by atoms with E-state index < -0.39 is 29.9 Å². The first kappa shape index (κ1) is 22.6. The Kier molecular flexibility index (Phi) is 7.97. The number of aliphatic carboxylic acids is 1. The quantitative estimate of drug-likeness (QED) is 0.427. The highest BCUT2D eigenvalue weighted by Crippen LogP contribution is 2.08. The lowest BCUT2D eigenvalue weighted by atomic mass is 10.0. The number of hydrogen-bond donors (Lipinski definition) is 3. The SMILES string of the molecule is O=C(/C=C\c1ccco1)N[C@@H](Cc1ccccc1)C(=O)N[C@@H](Cc1ccccc1)C(=O)O. The minimum absolute atomic E-state index is 0.131. The van der Waals surface area contributed by atoms with Crippen molar-refractivity contribution in [3.05, 3.63) is 102 Å². The standard InChI is InChI=1S/C25H24N2O5/c28-23(14-13-20-12-7-15-32-20)26-21(16-18-8-3-1-4-9-18)24(29)27-22(25(30)31)17-19-10-5-2-6-11-19/h1-15,21-22H,16-17H2,(H,26,28)(H,27,29)(H,30,31)/b14-13-/t21-,22-/m0/s1. The highest BCUT2D eigenvalue weighted by molar-refractivity contribution is 5.96. The molecule has 32 heavy (non-hydrogen) atoms. The fourth-order valence-corrected chi connectivity index (χ4v) is 3.15. The highest BCUT2D eigenvalue weighted by atomic mass is 16.4. The largest absolute Gasteiger partial charge is 0.480 e. The number of benzene rings is 2. The summed E-state index contributed by atoms with van der Waals surface area (Å²) in [7, 11) is 0. The zero-order valence-electron chi connectivity index (χ0n) is 17.3. The van der Waals surface area contributed by atoms with Crippen LogP contribution in [0.15, 0.2) is 89.6 Å². The number of carboxylic acid groups (broad SMARTS) is 1. The molecule has 7 heteroatoms. The summed E-state index contributed by atoms with van der Waals surface area (Å²) in [5, 5.41) is 14.8. The number of carbonyl (C=O) groups excluding carboxylic acids is 2. The lowest BCUT2D eigenvalue weighted by Crippen LogP contribution is -2.52. The minimum Gasteiger partial charge on any atom is -0.480 e. The van der Waals surface area contributed by atoms with Gasteiger partial charge < -0.3 is 20.2 Å². The third-order valence-corrected chi connectivity index (χ3v) is 4.76. The lowest BCUT2D eigenvalue weighted by Gasteiger charge is -2.21. The molecule has 2 atom stereocenters. The number of furan rings is 1. The van der Waals surface area contributed by atoms with Gasteiger partial charge in [0.15, 0.2) is 0 Å². The summed E-state index contributed by atoms with van der Waals surface area (Å²) in [6, 6.07) is 19.5. The first-order valence-electron chi connectivity index (χ1n) is 10.1. The second-order valence-electron chi connectivity index (χ2n) is 7.19. The number of rotatable bonds is 10. The van der Waals surface area contributed by atoms with Gasteiger partial charge >= 0.3 is 5.97 Å². The Bertz CT molecular complexity index is 1050. The maximum Gasteiger partial charge on any atom is 0.326 e. The van der Waals surface area contributed by atoms with E-state index in [1.807, 2.05) is 36.4 Å². The van der Waals surface area contributed by atoms with E-state index in [9.17, 15) is 19.5 Å². The molecule has 0 aliphatic carbocycles. The van der Waals surface area contributed by atoms with Crippen molar-refractivity contribution in [1.82, 2.24) is 10.6 Å². The van der Waals surface area contributed by atoms with Crippen LogP contribution in [0.5, 0.6) is 0 Å². The molecular weight excluding hydrogens is 408 g/mol. The average Bonchev–Trinajstić information content (AvgIpc) is 3.32. The van der Waals surface area contributed by atoms with Crippen LogP contribution in [0.1, 0.15) is 16.9 Å². The van der Waals surface area contributed by atoms with Gasteiger partial charge in [0.2, 0.25) is 11.8 Å². The first-order valence-corrected chi connectivity index (χ1v) is 10.1. The van der Waals surface area contributed by atoms with Gasteiger partial charge in [-0.15, -0.1) is 0 Å². The number of carbonyl (C=O) groups is 3. The van der Waals surface area contributed by atoms with Crippen molar-refractivity contribution in [1.29, 1.82) is 0 Å². The van der Waals surface area contributed by atoms with Crippen molar-refractivity contribution in [2.24, 2.45) is 0 Å². The summed E-state index contributed by atoms with van der Waals surface area (Å²) >= 11 is 0. The van der Waals surface area contributed by atoms with Crippen LogP contribution >= 0.6 is 0 Å². The molecule has 0 aliphatic heterocycles. The molecule has 2 aromatic carbocycles. The second-order valence-corrected chi connectivity index (χ2v) is 7.19. The summed E-state index contributed by atoms with van der Waals surface area (Å²) in [4.78, 5) is 37.2. The summed E-state index contributed by atoms with van der Waals surface area (Å²) in [6.45, 7) is 0. The minimum atomic E-state index is -1.15. The van der Waals surface area contributed by atoms with Crippen LogP contribution in [0.25, 0.3) is 6.08 Å². The Hall–Kier alpha value is -4.13. The third-order valence-electron chi connectivity index (χ3n) is 4.76. The van der Waals surface area contributed by atoms with Gasteiger partial charge in [0.1, 0.15) is 17.8 Å². The topological polar surface area (TPSA) is 109 Å². The third kappa shape index (κ3) is 6.98. The number of amides is 2. The molecule has 3 aromatic rings. The zero-order chi connectivity index (χ0) is 22.8. The van der Waals surface area contributed by atoms with E-state index in [1.165, 1.54) is 18.4 Å². The first-order chi connectivity index (χ1) is 15.5. The van der Waals surface area contributed by atoms with Gasteiger partial charge in [0.05, 0.1) is 6.26 Å². The second kappa shape index (κ2) is 11.3. The molecule has 0 spiro atoms. The van der Waals surface area contributed by atoms with Crippen LogP contribution in [0.3, 0.4) is 0 Å². The van der Waals surface area contributed by atoms with E-state index in [-0.39, 0.29) is 12.8 Å². The number of hydrogen-bond acceptors (Lipinski definition) is 4. The van der Waals surface area contributed by atoms with E-state index >= 15 is 0 Å². The van der Waals surface area contributed by atoms with E-state index in [4.69, 9.17) is 4.42 Å². The molecule has 1 heterocycles. The highest BCUT2D eigenvalue weighted by Gasteiger charge is 2.26. The van der Waals surface area contributed by atoms with Crippen molar-refractivity contribution in [2.45, 2.75) is 24.9 Å². The fourth-order valence-electron chi connectivity index (χ4n) is 3.15. The maximum atomic E-state index is 13.0. The smallest absolute Gasteiger partial charge is 0.326 e. The molecule has 0 saturated carbocycles. The summed E-state index contributed by atoms with van der Waals surface area (Å²) in [5.74, 6) is -1.72. The van der Waals surface area contributed by atoms with Gasteiger partial charge in [-0.1, -0.05) is 60.7 Å². The van der Waals surface area contributed by atoms with E-state index in [0.29, 0.717) is 5.76 Å². The predicted molar refractivity (Wildman–Crippen MR) is 120 cm³/mol. The van der Waals surface area contributed by atoms with Crippen LogP contribution in [-0.4, -0.2) is 35.0 Å². The summed E-state index contributed by atoms with van der Waals surface area (Å²) < 4.78 is 5.16. The molecule has 1 aromatic heterocycles. The van der Waals surface area contributed by atoms with Crippen molar-refractivity contribution in [2.75, 3.05) is 0 Å². The molecule has 3 N–H and O–H groups in total. The van der Waals surface area contributed by atoms with Crippen LogP contribution in [0.4, 0.5) is 0 Å². The monoisotopic (exact) mass is 432 g/mol. The van der Waals surface area contributed by atoms with Crippen molar-refractivity contribution < 1.29 is 23.9 Å². The van der Waals surface area contributed by atoms with Gasteiger partial charge in [-0.3, -0.25) is 9.59 Å². The van der Waals surface area contributed by atoms with Crippen LogP contribution in [0, 0.1) is 0 Å². The number of nitrogens with one attached hydrogen (secondary N) is 2. The van der Waals surface area contributed by atoms with Gasteiger partial charge in [0.25, 0.3) is 0 Å². The van der Waals surface area contributed by atoms with Crippen molar-refractivity contribution in [3.63, 3.8) is 0 Å². The van der Waals surface area contributed by atoms with Gasteiger partial charge in [-0.05, 0) is 29.3 Å². The van der Waals surface area contributed by atoms with Crippen molar-refractivity contribution >= 4 is 23.9 Å². The Morgan fingerprint density at radius 2 is 1.41 bits per heavy atom. The van der Waals surface area contributed by atoms with Crippen LogP contribution in [-0.2, 0) is 27.2 Å². The average molecular weight is 432 g/mol. The zero-order valence-corrected chi connectivity index (χ0v) is 17.3. The molecule has 0 aliphatic rings. The Morgan fingerprint density at radius 1 is 0.812 bits per heavy atom. The maximum absolute atomic E-state index is 13.0. The molecule has 0 fully saturated rings. The van der Waals surface area contributed by atoms with Crippen molar-refractivity contribution in [3.8, 4) is 0 Å². The van der Waals surface area contributed by atoms with E-state index in [1.54, 1.807) is 36.4 Å². The molecule has 0 unspecified atom stereocenters. The lowest BCUT2D eigenvalue weighted by molar-refractivity contribution is -0.142. The Balaban J connectivity index is 1.72. The molecule has 3 rings (SSSR count). The van der Waals surface area contributed by atoms with Crippen LogP contribution < -0.4 is 10.6 Å². The van der Waals surface area contributed by atoms with Crippen LogP contribution in [0.2, 0.25) is 0 Å².